The Labute approximate surface area is 116 Å². The molecule has 0 rings (SSSR count). The van der Waals surface area contributed by atoms with Gasteiger partial charge < -0.3 is 4.74 Å². The molecule has 0 amide bonds. The van der Waals surface area contributed by atoms with Crippen LogP contribution in [0.1, 0.15) is 39.5 Å². The van der Waals surface area contributed by atoms with E-state index in [9.17, 15) is 21.6 Å². The SMILES string of the molecule is CCC(CC)(COCCCC(F)(F)F)CS(=O)(=O)Cl. The van der Waals surface area contributed by atoms with E-state index in [1.165, 1.54) is 0 Å². The largest absolute Gasteiger partial charge is 0.389 e. The second-order valence-corrected chi connectivity index (χ2v) is 7.44. The van der Waals surface area contributed by atoms with Crippen molar-refractivity contribution in [2.75, 3.05) is 19.0 Å². The molecule has 3 nitrogen and oxygen atoms in total. The van der Waals surface area contributed by atoms with Crippen LogP contribution in [0.3, 0.4) is 0 Å². The maximum absolute atomic E-state index is 11.9. The molecule has 0 bridgehead atoms. The van der Waals surface area contributed by atoms with Crippen LogP contribution in [0.2, 0.25) is 0 Å². The molecule has 0 radical (unpaired) electrons. The number of hydrogen-bond acceptors (Lipinski definition) is 3. The van der Waals surface area contributed by atoms with Crippen LogP contribution in [0.5, 0.6) is 0 Å². The molecule has 0 spiro atoms. The first-order chi connectivity index (χ1) is 8.54. The fraction of sp³-hybridized carbons (Fsp3) is 1.00. The smallest absolute Gasteiger partial charge is 0.381 e. The molecule has 19 heavy (non-hydrogen) atoms. The van der Waals surface area contributed by atoms with Crippen LogP contribution in [0.4, 0.5) is 13.2 Å². The average molecular weight is 325 g/mol. The summed E-state index contributed by atoms with van der Waals surface area (Å²) < 4.78 is 63.2. The van der Waals surface area contributed by atoms with Gasteiger partial charge in [-0.05, 0) is 19.3 Å². The molecule has 0 saturated carbocycles. The fourth-order valence-corrected chi connectivity index (χ4v) is 3.65. The van der Waals surface area contributed by atoms with E-state index in [4.69, 9.17) is 15.4 Å². The van der Waals surface area contributed by atoms with E-state index in [2.05, 4.69) is 0 Å². The predicted molar refractivity (Wildman–Crippen MR) is 68.8 cm³/mol. The number of alkyl halides is 3. The van der Waals surface area contributed by atoms with Gasteiger partial charge in [0.25, 0.3) is 0 Å². The molecule has 0 fully saturated rings. The minimum Gasteiger partial charge on any atom is -0.381 e. The van der Waals surface area contributed by atoms with Crippen molar-refractivity contribution in [1.29, 1.82) is 0 Å². The Balaban J connectivity index is 4.23. The van der Waals surface area contributed by atoms with E-state index in [1.807, 2.05) is 13.8 Å². The summed E-state index contributed by atoms with van der Waals surface area (Å²) in [5.74, 6) is -0.228. The Morgan fingerprint density at radius 3 is 2.05 bits per heavy atom. The quantitative estimate of drug-likeness (QED) is 0.479. The van der Waals surface area contributed by atoms with Crippen LogP contribution in [-0.2, 0) is 13.8 Å². The van der Waals surface area contributed by atoms with E-state index in [1.54, 1.807) is 0 Å². The highest BCUT2D eigenvalue weighted by Crippen LogP contribution is 2.30. The second kappa shape index (κ2) is 7.69. The second-order valence-electron chi connectivity index (χ2n) is 4.66. The van der Waals surface area contributed by atoms with Gasteiger partial charge in [-0.3, -0.25) is 0 Å². The molecule has 0 heterocycles. The van der Waals surface area contributed by atoms with Crippen molar-refractivity contribution in [3.05, 3.63) is 0 Å². The van der Waals surface area contributed by atoms with Crippen molar-refractivity contribution in [2.24, 2.45) is 5.41 Å². The lowest BCUT2D eigenvalue weighted by molar-refractivity contribution is -0.138. The van der Waals surface area contributed by atoms with Gasteiger partial charge in [0.05, 0.1) is 12.4 Å². The molecule has 0 N–H and O–H groups in total. The van der Waals surface area contributed by atoms with Crippen molar-refractivity contribution in [2.45, 2.75) is 45.7 Å². The molecule has 116 valence electrons. The van der Waals surface area contributed by atoms with Crippen LogP contribution in [0.25, 0.3) is 0 Å². The van der Waals surface area contributed by atoms with Crippen molar-refractivity contribution in [3.63, 3.8) is 0 Å². The zero-order valence-electron chi connectivity index (χ0n) is 11.1. The van der Waals surface area contributed by atoms with E-state index in [-0.39, 0.29) is 25.4 Å². The van der Waals surface area contributed by atoms with Gasteiger partial charge in [0.2, 0.25) is 9.05 Å². The minimum atomic E-state index is -4.19. The topological polar surface area (TPSA) is 43.4 Å². The van der Waals surface area contributed by atoms with E-state index in [0.29, 0.717) is 12.8 Å². The van der Waals surface area contributed by atoms with Crippen molar-refractivity contribution in [3.8, 4) is 0 Å². The molecule has 0 aliphatic rings. The van der Waals surface area contributed by atoms with Gasteiger partial charge in [-0.1, -0.05) is 13.8 Å². The van der Waals surface area contributed by atoms with Crippen LogP contribution in [0.15, 0.2) is 0 Å². The van der Waals surface area contributed by atoms with Gasteiger partial charge >= 0.3 is 6.18 Å². The van der Waals surface area contributed by atoms with Gasteiger partial charge in [-0.15, -0.1) is 0 Å². The lowest BCUT2D eigenvalue weighted by Crippen LogP contribution is -2.32. The molecule has 0 aliphatic carbocycles. The molecular weight excluding hydrogens is 305 g/mol. The first-order valence-corrected chi connectivity index (χ1v) is 8.58. The van der Waals surface area contributed by atoms with Gasteiger partial charge in [-0.25, -0.2) is 8.42 Å². The Bertz CT molecular complexity index is 351. The highest BCUT2D eigenvalue weighted by Gasteiger charge is 2.32. The third-order valence-electron chi connectivity index (χ3n) is 3.14. The standard InChI is InChI=1S/C11H20ClF3O3S/c1-3-10(4-2,9-19(12,16)17)8-18-7-5-6-11(13,14)15/h3-9H2,1-2H3. The third kappa shape index (κ3) is 9.51. The molecule has 0 aromatic heterocycles. The predicted octanol–water partition coefficient (Wildman–Crippen LogP) is 3.72. The zero-order chi connectivity index (χ0) is 15.2. The van der Waals surface area contributed by atoms with Crippen LogP contribution < -0.4 is 0 Å². The molecular formula is C11H20ClF3O3S. The fourth-order valence-electron chi connectivity index (χ4n) is 1.73. The summed E-state index contributed by atoms with van der Waals surface area (Å²) in [6.07, 6.45) is -4.13. The number of rotatable bonds is 9. The Morgan fingerprint density at radius 1 is 1.16 bits per heavy atom. The molecule has 0 unspecified atom stereocenters. The first kappa shape index (κ1) is 19.0. The molecule has 0 aromatic carbocycles. The summed E-state index contributed by atoms with van der Waals surface area (Å²) in [7, 11) is 1.58. The van der Waals surface area contributed by atoms with Crippen molar-refractivity contribution >= 4 is 19.7 Å². The third-order valence-corrected chi connectivity index (χ3v) is 4.42. The number of ether oxygens (including phenoxy) is 1. The molecule has 0 atom stereocenters. The molecule has 0 aromatic rings. The van der Waals surface area contributed by atoms with Crippen molar-refractivity contribution < 1.29 is 26.3 Å². The highest BCUT2D eigenvalue weighted by atomic mass is 35.7. The molecule has 0 saturated heterocycles. The summed E-state index contributed by atoms with van der Waals surface area (Å²) in [5, 5.41) is 0. The van der Waals surface area contributed by atoms with Crippen LogP contribution >= 0.6 is 10.7 Å². The summed E-state index contributed by atoms with van der Waals surface area (Å²) in [4.78, 5) is 0. The Kier molecular flexibility index (Phi) is 7.68. The lowest BCUT2D eigenvalue weighted by Gasteiger charge is -2.30. The van der Waals surface area contributed by atoms with Gasteiger partial charge in [0.15, 0.2) is 0 Å². The number of halogens is 4. The zero-order valence-corrected chi connectivity index (χ0v) is 12.7. The normalized spacial score (nSPS) is 13.8. The minimum absolute atomic E-state index is 0.0381. The summed E-state index contributed by atoms with van der Waals surface area (Å²) in [6, 6.07) is 0. The van der Waals surface area contributed by atoms with Crippen LogP contribution in [0, 0.1) is 5.41 Å². The summed E-state index contributed by atoms with van der Waals surface area (Å²) in [5.41, 5.74) is -0.626. The van der Waals surface area contributed by atoms with Gasteiger partial charge in [0.1, 0.15) is 0 Å². The Morgan fingerprint density at radius 2 is 1.68 bits per heavy atom. The lowest BCUT2D eigenvalue weighted by atomic mass is 9.85. The maximum Gasteiger partial charge on any atom is 0.389 e. The Hall–Kier alpha value is -0.0100. The maximum atomic E-state index is 11.9. The van der Waals surface area contributed by atoms with E-state index < -0.39 is 27.1 Å². The van der Waals surface area contributed by atoms with Crippen LogP contribution in [-0.4, -0.2) is 33.6 Å². The molecule has 8 heteroatoms. The monoisotopic (exact) mass is 324 g/mol. The van der Waals surface area contributed by atoms with E-state index >= 15 is 0 Å². The number of hydrogen-bond donors (Lipinski definition) is 0. The first-order valence-electron chi connectivity index (χ1n) is 6.10. The summed E-state index contributed by atoms with van der Waals surface area (Å²) in [6.45, 7) is 3.68. The summed E-state index contributed by atoms with van der Waals surface area (Å²) >= 11 is 0. The molecule has 0 aliphatic heterocycles. The highest BCUT2D eigenvalue weighted by molar-refractivity contribution is 8.13. The van der Waals surface area contributed by atoms with Gasteiger partial charge in [0, 0.05) is 29.1 Å². The van der Waals surface area contributed by atoms with Crippen molar-refractivity contribution in [1.82, 2.24) is 0 Å². The average Bonchev–Trinajstić information content (AvgIpc) is 2.24. The van der Waals surface area contributed by atoms with E-state index in [0.717, 1.165) is 0 Å². The van der Waals surface area contributed by atoms with Gasteiger partial charge in [-0.2, -0.15) is 13.2 Å².